The Balaban J connectivity index is 1.28. The lowest BCUT2D eigenvalue weighted by Gasteiger charge is -2.22. The predicted octanol–water partition coefficient (Wildman–Crippen LogP) is 6.54. The van der Waals surface area contributed by atoms with E-state index in [2.05, 4.69) is 15.9 Å². The summed E-state index contributed by atoms with van der Waals surface area (Å²) in [6.45, 7) is 1.44. The van der Waals surface area contributed by atoms with E-state index < -0.39 is 24.2 Å². The monoisotopic (exact) mass is 626 g/mol. The van der Waals surface area contributed by atoms with E-state index >= 15 is 0 Å². The van der Waals surface area contributed by atoms with Crippen molar-refractivity contribution in [2.75, 3.05) is 11.5 Å². The summed E-state index contributed by atoms with van der Waals surface area (Å²) in [7, 11) is 0. The number of carbonyl (C=O) groups is 4. The largest absolute Gasteiger partial charge is 0.454 e. The molecule has 1 saturated heterocycles. The van der Waals surface area contributed by atoms with Crippen molar-refractivity contribution >= 4 is 56.1 Å². The number of esters is 1. The summed E-state index contributed by atoms with van der Waals surface area (Å²) in [5.74, 6) is -2.73. The van der Waals surface area contributed by atoms with Crippen LogP contribution < -0.4 is 4.90 Å². The summed E-state index contributed by atoms with van der Waals surface area (Å²) < 4.78 is 19.3. The second kappa shape index (κ2) is 11.1. The minimum absolute atomic E-state index is 0.00419. The van der Waals surface area contributed by atoms with Crippen LogP contribution in [0.5, 0.6) is 0 Å². The van der Waals surface area contributed by atoms with Gasteiger partial charge in [-0.05, 0) is 73.0 Å². The summed E-state index contributed by atoms with van der Waals surface area (Å²) in [6, 6.07) is 18.8. The lowest BCUT2D eigenvalue weighted by Crippen LogP contribution is -2.31. The molecular weight excluding hydrogens is 603 g/mol. The topological polar surface area (TPSA) is 93.6 Å². The number of amides is 2. The number of pyridine rings is 1. The number of aromatic nitrogens is 1. The maximum Gasteiger partial charge on any atom is 0.339 e. The standard InChI is InChI=1S/C33H24BrFN2O5/c1-18-3-2-4-24-30(18)32(40)37(31(24)39)23-12-7-19(8-13-23)28-16-26(25-15-21(34)9-14-27(25)36-28)33(41)42-17-29(38)20-5-10-22(35)11-6-20/h2-3,5-16,18,24,30H,4,17H2,1H3. The summed E-state index contributed by atoms with van der Waals surface area (Å²) in [6.07, 6.45) is 4.51. The first-order valence-electron chi connectivity index (χ1n) is 13.4. The molecule has 1 aliphatic carbocycles. The number of carbonyl (C=O) groups excluding carboxylic acids is 4. The van der Waals surface area contributed by atoms with Gasteiger partial charge in [0.25, 0.3) is 0 Å². The van der Waals surface area contributed by atoms with Crippen molar-refractivity contribution in [2.24, 2.45) is 17.8 Å². The van der Waals surface area contributed by atoms with Crippen molar-refractivity contribution < 1.29 is 28.3 Å². The van der Waals surface area contributed by atoms with E-state index in [1.807, 2.05) is 19.1 Å². The number of ether oxygens (including phenoxy) is 1. The number of rotatable bonds is 6. The highest BCUT2D eigenvalue weighted by Crippen LogP contribution is 2.40. The number of anilines is 1. The highest BCUT2D eigenvalue weighted by atomic mass is 79.9. The normalized spacial score (nSPS) is 19.7. The molecule has 3 atom stereocenters. The van der Waals surface area contributed by atoms with Crippen LogP contribution in [-0.4, -0.2) is 35.2 Å². The lowest BCUT2D eigenvalue weighted by molar-refractivity contribution is -0.122. The molecule has 2 aliphatic rings. The molecule has 42 heavy (non-hydrogen) atoms. The Labute approximate surface area is 249 Å². The molecule has 0 bridgehead atoms. The number of benzene rings is 3. The van der Waals surface area contributed by atoms with Gasteiger partial charge in [0.15, 0.2) is 12.4 Å². The third-order valence-corrected chi connectivity index (χ3v) is 8.28. The molecule has 4 aromatic rings. The fraction of sp³-hybridized carbons (Fsp3) is 0.182. The molecule has 3 unspecified atom stereocenters. The molecule has 1 aromatic heterocycles. The molecule has 6 rings (SSSR count). The number of nitrogens with zero attached hydrogens (tertiary/aromatic N) is 2. The smallest absolute Gasteiger partial charge is 0.339 e. The van der Waals surface area contributed by atoms with Crippen molar-refractivity contribution in [2.45, 2.75) is 13.3 Å². The van der Waals surface area contributed by atoms with E-state index in [0.717, 1.165) is 4.47 Å². The van der Waals surface area contributed by atoms with E-state index in [0.29, 0.717) is 34.3 Å². The molecular formula is C33H24BrFN2O5. The van der Waals surface area contributed by atoms with Crippen molar-refractivity contribution in [3.8, 4) is 11.3 Å². The van der Waals surface area contributed by atoms with Crippen LogP contribution in [0.4, 0.5) is 10.1 Å². The van der Waals surface area contributed by atoms with Crippen LogP contribution in [0.3, 0.4) is 0 Å². The first kappa shape index (κ1) is 27.7. The lowest BCUT2D eigenvalue weighted by atomic mass is 9.78. The van der Waals surface area contributed by atoms with Crippen LogP contribution in [0.2, 0.25) is 0 Å². The molecule has 9 heteroatoms. The van der Waals surface area contributed by atoms with Gasteiger partial charge < -0.3 is 4.74 Å². The second-order valence-electron chi connectivity index (χ2n) is 10.4. The number of fused-ring (bicyclic) bond motifs is 2. The van der Waals surface area contributed by atoms with Gasteiger partial charge in [0.05, 0.1) is 34.3 Å². The maximum atomic E-state index is 13.2. The Morgan fingerprint density at radius 2 is 1.74 bits per heavy atom. The number of halogens is 2. The molecule has 1 aliphatic heterocycles. The molecule has 7 nitrogen and oxygen atoms in total. The Morgan fingerprint density at radius 1 is 1.00 bits per heavy atom. The quantitative estimate of drug-likeness (QED) is 0.104. The predicted molar refractivity (Wildman–Crippen MR) is 158 cm³/mol. The van der Waals surface area contributed by atoms with E-state index in [4.69, 9.17) is 9.72 Å². The van der Waals surface area contributed by atoms with Crippen LogP contribution in [0, 0.1) is 23.6 Å². The number of ketones is 1. The molecule has 0 radical (unpaired) electrons. The fourth-order valence-corrected chi connectivity index (χ4v) is 5.99. The van der Waals surface area contributed by atoms with E-state index in [9.17, 15) is 23.6 Å². The van der Waals surface area contributed by atoms with Crippen LogP contribution in [0.25, 0.3) is 22.2 Å². The van der Waals surface area contributed by atoms with Gasteiger partial charge in [0.1, 0.15) is 5.82 Å². The van der Waals surface area contributed by atoms with E-state index in [1.165, 1.54) is 29.2 Å². The number of imide groups is 1. The van der Waals surface area contributed by atoms with Crippen molar-refractivity contribution in [3.05, 3.63) is 106 Å². The van der Waals surface area contributed by atoms with Crippen LogP contribution in [-0.2, 0) is 14.3 Å². The van der Waals surface area contributed by atoms with Gasteiger partial charge in [-0.3, -0.25) is 19.3 Å². The highest BCUT2D eigenvalue weighted by Gasteiger charge is 2.50. The summed E-state index contributed by atoms with van der Waals surface area (Å²) in [4.78, 5) is 58.0. The summed E-state index contributed by atoms with van der Waals surface area (Å²) in [5, 5.41) is 0.530. The Morgan fingerprint density at radius 3 is 2.45 bits per heavy atom. The Bertz CT molecular complexity index is 1790. The molecule has 0 N–H and O–H groups in total. The number of allylic oxidation sites excluding steroid dienone is 2. The average Bonchev–Trinajstić information content (AvgIpc) is 3.25. The van der Waals surface area contributed by atoms with Gasteiger partial charge in [0.2, 0.25) is 11.8 Å². The maximum absolute atomic E-state index is 13.2. The first-order valence-corrected chi connectivity index (χ1v) is 14.2. The molecule has 0 spiro atoms. The van der Waals surface area contributed by atoms with Crippen molar-refractivity contribution in [1.29, 1.82) is 0 Å². The SMILES string of the molecule is CC1C=CCC2C(=O)N(c3ccc(-c4cc(C(=O)OCC(=O)c5ccc(F)cc5)c5cc(Br)ccc5n4)cc3)C(=O)C12. The van der Waals surface area contributed by atoms with Crippen LogP contribution in [0.1, 0.15) is 34.1 Å². The molecule has 0 saturated carbocycles. The Kier molecular flexibility index (Phi) is 7.28. The zero-order valence-corrected chi connectivity index (χ0v) is 24.0. The zero-order valence-electron chi connectivity index (χ0n) is 22.4. The van der Waals surface area contributed by atoms with Crippen molar-refractivity contribution in [3.63, 3.8) is 0 Å². The van der Waals surface area contributed by atoms with Crippen LogP contribution >= 0.6 is 15.9 Å². The van der Waals surface area contributed by atoms with Gasteiger partial charge in [-0.25, -0.2) is 14.2 Å². The zero-order chi connectivity index (χ0) is 29.5. The van der Waals surface area contributed by atoms with Gasteiger partial charge in [-0.2, -0.15) is 0 Å². The van der Waals surface area contributed by atoms with E-state index in [1.54, 1.807) is 48.5 Å². The minimum atomic E-state index is -0.715. The molecule has 3 aromatic carbocycles. The van der Waals surface area contributed by atoms with Crippen LogP contribution in [0.15, 0.2) is 89.4 Å². The second-order valence-corrected chi connectivity index (χ2v) is 11.4. The third-order valence-electron chi connectivity index (χ3n) is 7.79. The molecule has 2 heterocycles. The molecule has 2 amide bonds. The van der Waals surface area contributed by atoms with Gasteiger partial charge >= 0.3 is 5.97 Å². The summed E-state index contributed by atoms with van der Waals surface area (Å²) in [5.41, 5.74) is 2.59. The number of Topliss-reactive ketones (excluding diaryl/α,β-unsaturated/α-hetero) is 1. The number of hydrogen-bond acceptors (Lipinski definition) is 6. The highest BCUT2D eigenvalue weighted by molar-refractivity contribution is 9.10. The number of hydrogen-bond donors (Lipinski definition) is 0. The van der Waals surface area contributed by atoms with E-state index in [-0.39, 0.29) is 40.7 Å². The van der Waals surface area contributed by atoms with Gasteiger partial charge in [0, 0.05) is 21.0 Å². The molecule has 210 valence electrons. The minimum Gasteiger partial charge on any atom is -0.454 e. The molecule has 1 fully saturated rings. The average molecular weight is 627 g/mol. The fourth-order valence-electron chi connectivity index (χ4n) is 5.63. The van der Waals surface area contributed by atoms with Gasteiger partial charge in [-0.1, -0.05) is 47.1 Å². The summed E-state index contributed by atoms with van der Waals surface area (Å²) >= 11 is 3.43. The van der Waals surface area contributed by atoms with Gasteiger partial charge in [-0.15, -0.1) is 0 Å². The van der Waals surface area contributed by atoms with Crippen molar-refractivity contribution in [1.82, 2.24) is 4.98 Å². The first-order chi connectivity index (χ1) is 20.2. The third kappa shape index (κ3) is 5.05. The Hall–Kier alpha value is -4.50.